The molecule has 0 fully saturated rings. The van der Waals surface area contributed by atoms with E-state index in [1.807, 2.05) is 24.3 Å². The first-order valence-electron chi connectivity index (χ1n) is 6.05. The molecule has 1 heteroatoms. The molecule has 88 valence electrons. The molecule has 0 radical (unpaired) electrons. The maximum atomic E-state index is 5.62. The van der Waals surface area contributed by atoms with Crippen molar-refractivity contribution in [1.82, 2.24) is 0 Å². The molecule has 0 amide bonds. The van der Waals surface area contributed by atoms with Crippen LogP contribution in [-0.2, 0) is 11.3 Å². The Labute approximate surface area is 99.1 Å². The molecule has 0 N–H and O–H groups in total. The topological polar surface area (TPSA) is 9.23 Å². The number of benzene rings is 1. The zero-order valence-corrected chi connectivity index (χ0v) is 10.2. The van der Waals surface area contributed by atoms with E-state index in [4.69, 9.17) is 4.74 Å². The summed E-state index contributed by atoms with van der Waals surface area (Å²) in [6.07, 6.45) is 5.47. The molecule has 1 unspecified atom stereocenters. The van der Waals surface area contributed by atoms with Crippen molar-refractivity contribution in [2.75, 3.05) is 6.61 Å². The Hall–Kier alpha value is -1.08. The van der Waals surface area contributed by atoms with Crippen molar-refractivity contribution in [3.63, 3.8) is 0 Å². The van der Waals surface area contributed by atoms with Crippen molar-refractivity contribution in [3.05, 3.63) is 48.6 Å². The van der Waals surface area contributed by atoms with E-state index in [1.54, 1.807) is 0 Å². The average molecular weight is 218 g/mol. The molecule has 0 aliphatic rings. The molecule has 0 saturated carbocycles. The van der Waals surface area contributed by atoms with Gasteiger partial charge in [0.15, 0.2) is 0 Å². The fourth-order valence-corrected chi connectivity index (χ4v) is 1.70. The maximum absolute atomic E-state index is 5.62. The molecule has 0 aromatic heterocycles. The van der Waals surface area contributed by atoms with E-state index in [2.05, 4.69) is 25.6 Å². The Balaban J connectivity index is 2.02. The minimum atomic E-state index is 0.733. The number of allylic oxidation sites excluding steroid dienone is 1. The third-order valence-corrected chi connectivity index (χ3v) is 2.67. The van der Waals surface area contributed by atoms with Gasteiger partial charge in [0, 0.05) is 6.61 Å². The van der Waals surface area contributed by atoms with Crippen LogP contribution in [0.2, 0.25) is 0 Å². The van der Waals surface area contributed by atoms with Crippen LogP contribution in [0.5, 0.6) is 0 Å². The van der Waals surface area contributed by atoms with Crippen molar-refractivity contribution in [2.45, 2.75) is 32.8 Å². The fourth-order valence-electron chi connectivity index (χ4n) is 1.70. The van der Waals surface area contributed by atoms with Gasteiger partial charge in [0.1, 0.15) is 0 Å². The van der Waals surface area contributed by atoms with Crippen LogP contribution in [0.25, 0.3) is 0 Å². The van der Waals surface area contributed by atoms with Crippen LogP contribution in [0.1, 0.15) is 31.7 Å². The van der Waals surface area contributed by atoms with Crippen molar-refractivity contribution >= 4 is 0 Å². The summed E-state index contributed by atoms with van der Waals surface area (Å²) in [5.41, 5.74) is 1.25. The number of rotatable bonds is 8. The summed E-state index contributed by atoms with van der Waals surface area (Å²) in [5, 5.41) is 0. The van der Waals surface area contributed by atoms with E-state index in [-0.39, 0.29) is 0 Å². The third kappa shape index (κ3) is 5.72. The normalized spacial score (nSPS) is 12.3. The molecule has 16 heavy (non-hydrogen) atoms. The van der Waals surface area contributed by atoms with Crippen LogP contribution in [0.3, 0.4) is 0 Å². The molecular weight excluding hydrogens is 196 g/mol. The second kappa shape index (κ2) is 8.12. The van der Waals surface area contributed by atoms with Crippen molar-refractivity contribution in [2.24, 2.45) is 5.92 Å². The molecule has 1 aromatic rings. The first-order valence-corrected chi connectivity index (χ1v) is 6.05. The second-order valence-electron chi connectivity index (χ2n) is 4.31. The Morgan fingerprint density at radius 3 is 2.75 bits per heavy atom. The Kier molecular flexibility index (Phi) is 6.59. The minimum Gasteiger partial charge on any atom is -0.377 e. The molecule has 0 aliphatic heterocycles. The first-order chi connectivity index (χ1) is 7.83. The van der Waals surface area contributed by atoms with E-state index >= 15 is 0 Å². The summed E-state index contributed by atoms with van der Waals surface area (Å²) in [6, 6.07) is 10.3. The summed E-state index contributed by atoms with van der Waals surface area (Å²) < 4.78 is 5.62. The Morgan fingerprint density at radius 2 is 2.06 bits per heavy atom. The van der Waals surface area contributed by atoms with Crippen LogP contribution < -0.4 is 0 Å². The summed E-state index contributed by atoms with van der Waals surface area (Å²) in [5.74, 6) is 0.734. The largest absolute Gasteiger partial charge is 0.377 e. The molecule has 1 atom stereocenters. The Morgan fingerprint density at radius 1 is 1.31 bits per heavy atom. The third-order valence-electron chi connectivity index (χ3n) is 2.67. The molecule has 0 aliphatic carbocycles. The molecule has 0 bridgehead atoms. The highest BCUT2D eigenvalue weighted by atomic mass is 16.5. The molecule has 1 aromatic carbocycles. The summed E-state index contributed by atoms with van der Waals surface area (Å²) in [7, 11) is 0. The molecular formula is C15H22O. The van der Waals surface area contributed by atoms with Gasteiger partial charge in [-0.3, -0.25) is 0 Å². The van der Waals surface area contributed by atoms with Crippen LogP contribution in [0.4, 0.5) is 0 Å². The van der Waals surface area contributed by atoms with Crippen molar-refractivity contribution in [3.8, 4) is 0 Å². The van der Waals surface area contributed by atoms with Gasteiger partial charge in [-0.15, -0.1) is 6.58 Å². The average Bonchev–Trinajstić information content (AvgIpc) is 2.30. The van der Waals surface area contributed by atoms with Crippen LogP contribution >= 0.6 is 0 Å². The van der Waals surface area contributed by atoms with Crippen molar-refractivity contribution in [1.29, 1.82) is 0 Å². The highest BCUT2D eigenvalue weighted by molar-refractivity contribution is 5.13. The Bertz CT molecular complexity index is 279. The lowest BCUT2D eigenvalue weighted by Gasteiger charge is -2.08. The van der Waals surface area contributed by atoms with Gasteiger partial charge >= 0.3 is 0 Å². The first kappa shape index (κ1) is 13.0. The molecule has 0 spiro atoms. The molecule has 1 rings (SSSR count). The lowest BCUT2D eigenvalue weighted by Crippen LogP contribution is -1.99. The van der Waals surface area contributed by atoms with E-state index in [1.165, 1.54) is 12.0 Å². The SMILES string of the molecule is C=CCC(C)CCCOCc1ccccc1. The fraction of sp³-hybridized carbons (Fsp3) is 0.467. The second-order valence-corrected chi connectivity index (χ2v) is 4.31. The molecule has 0 heterocycles. The number of hydrogen-bond acceptors (Lipinski definition) is 1. The van der Waals surface area contributed by atoms with Gasteiger partial charge in [-0.25, -0.2) is 0 Å². The minimum absolute atomic E-state index is 0.733. The summed E-state index contributed by atoms with van der Waals surface area (Å²) in [4.78, 5) is 0. The van der Waals surface area contributed by atoms with Crippen LogP contribution in [0, 0.1) is 5.92 Å². The van der Waals surface area contributed by atoms with E-state index < -0.39 is 0 Å². The number of ether oxygens (including phenoxy) is 1. The zero-order valence-electron chi connectivity index (χ0n) is 10.2. The van der Waals surface area contributed by atoms with Gasteiger partial charge in [-0.2, -0.15) is 0 Å². The van der Waals surface area contributed by atoms with E-state index in [0.29, 0.717) is 0 Å². The predicted octanol–water partition coefficient (Wildman–Crippen LogP) is 4.20. The summed E-state index contributed by atoms with van der Waals surface area (Å²) >= 11 is 0. The van der Waals surface area contributed by atoms with Gasteiger partial charge in [-0.05, 0) is 30.7 Å². The van der Waals surface area contributed by atoms with E-state index in [0.717, 1.165) is 32.0 Å². The highest BCUT2D eigenvalue weighted by Gasteiger charge is 1.99. The van der Waals surface area contributed by atoms with Gasteiger partial charge in [-0.1, -0.05) is 43.3 Å². The lowest BCUT2D eigenvalue weighted by molar-refractivity contribution is 0.114. The highest BCUT2D eigenvalue weighted by Crippen LogP contribution is 2.10. The maximum Gasteiger partial charge on any atom is 0.0716 e. The van der Waals surface area contributed by atoms with Crippen molar-refractivity contribution < 1.29 is 4.74 Å². The van der Waals surface area contributed by atoms with Crippen LogP contribution in [-0.4, -0.2) is 6.61 Å². The van der Waals surface area contributed by atoms with Crippen LogP contribution in [0.15, 0.2) is 43.0 Å². The van der Waals surface area contributed by atoms with Gasteiger partial charge in [0.2, 0.25) is 0 Å². The van der Waals surface area contributed by atoms with Gasteiger partial charge < -0.3 is 4.74 Å². The standard InChI is InChI=1S/C15H22O/c1-3-8-14(2)9-7-12-16-13-15-10-5-4-6-11-15/h3-6,10-11,14H,1,7-9,12-13H2,2H3. The zero-order chi connectivity index (χ0) is 11.6. The van der Waals surface area contributed by atoms with Gasteiger partial charge in [0.25, 0.3) is 0 Å². The molecule has 0 saturated heterocycles. The number of hydrogen-bond donors (Lipinski definition) is 0. The summed E-state index contributed by atoms with van der Waals surface area (Å²) in [6.45, 7) is 7.61. The van der Waals surface area contributed by atoms with Gasteiger partial charge in [0.05, 0.1) is 6.61 Å². The lowest BCUT2D eigenvalue weighted by atomic mass is 10.0. The quantitative estimate of drug-likeness (QED) is 0.469. The molecule has 1 nitrogen and oxygen atoms in total. The predicted molar refractivity (Wildman–Crippen MR) is 69.3 cm³/mol. The monoisotopic (exact) mass is 218 g/mol. The van der Waals surface area contributed by atoms with E-state index in [9.17, 15) is 0 Å². The smallest absolute Gasteiger partial charge is 0.0716 e.